The molecule has 0 unspecified atom stereocenters. The number of carbonyl (C=O) groups excluding carboxylic acids is 1. The van der Waals surface area contributed by atoms with E-state index in [2.05, 4.69) is 10.3 Å². The van der Waals surface area contributed by atoms with Crippen molar-refractivity contribution in [3.05, 3.63) is 58.9 Å². The maximum atomic E-state index is 13.3. The molecule has 0 aliphatic heterocycles. The Morgan fingerprint density at radius 3 is 2.41 bits per heavy atom. The summed E-state index contributed by atoms with van der Waals surface area (Å²) in [6.07, 6.45) is -0.0265. The number of amides is 1. The summed E-state index contributed by atoms with van der Waals surface area (Å²) < 4.78 is 39.8. The summed E-state index contributed by atoms with van der Waals surface area (Å²) in [5.74, 6) is 0.134. The van der Waals surface area contributed by atoms with Crippen molar-refractivity contribution in [2.24, 2.45) is 0 Å². The van der Waals surface area contributed by atoms with Crippen LogP contribution in [0.15, 0.2) is 36.5 Å². The molecule has 170 valence electrons. The van der Waals surface area contributed by atoms with E-state index < -0.39 is 11.7 Å². The van der Waals surface area contributed by atoms with Crippen molar-refractivity contribution in [3.8, 4) is 6.07 Å². The first kappa shape index (κ1) is 23.6. The highest BCUT2D eigenvalue weighted by Gasteiger charge is 2.34. The Morgan fingerprint density at radius 1 is 1.19 bits per heavy atom. The van der Waals surface area contributed by atoms with Gasteiger partial charge in [0, 0.05) is 36.7 Å². The van der Waals surface area contributed by atoms with Crippen LogP contribution < -0.4 is 10.2 Å². The lowest BCUT2D eigenvalue weighted by Gasteiger charge is -2.36. The molecule has 1 fully saturated rings. The third kappa shape index (κ3) is 5.39. The fraction of sp³-hybridized carbons (Fsp3) is 0.458. The fourth-order valence-electron chi connectivity index (χ4n) is 4.05. The van der Waals surface area contributed by atoms with Gasteiger partial charge in [0.05, 0.1) is 22.8 Å². The molecular formula is C24H27F3N4O. The van der Waals surface area contributed by atoms with Crippen LogP contribution in [-0.2, 0) is 6.18 Å². The monoisotopic (exact) mass is 444 g/mol. The van der Waals surface area contributed by atoms with Crippen LogP contribution in [0.4, 0.5) is 18.9 Å². The van der Waals surface area contributed by atoms with Gasteiger partial charge in [-0.3, -0.25) is 9.78 Å². The van der Waals surface area contributed by atoms with Gasteiger partial charge in [-0.15, -0.1) is 0 Å². The molecule has 8 heteroatoms. The van der Waals surface area contributed by atoms with Gasteiger partial charge < -0.3 is 10.2 Å². The molecule has 0 spiro atoms. The van der Waals surface area contributed by atoms with Crippen molar-refractivity contribution in [1.29, 1.82) is 5.26 Å². The first-order chi connectivity index (χ1) is 15.1. The van der Waals surface area contributed by atoms with Gasteiger partial charge in [0.15, 0.2) is 0 Å². The molecule has 0 radical (unpaired) electrons. The van der Waals surface area contributed by atoms with Crippen molar-refractivity contribution in [2.45, 2.75) is 63.7 Å². The van der Waals surface area contributed by atoms with Crippen LogP contribution in [0.3, 0.4) is 0 Å². The molecule has 0 saturated heterocycles. The molecule has 1 aromatic carbocycles. The number of nitrogens with one attached hydrogen (secondary N) is 1. The van der Waals surface area contributed by atoms with Crippen LogP contribution in [0.5, 0.6) is 0 Å². The number of pyridine rings is 1. The molecule has 1 aromatic heterocycles. The van der Waals surface area contributed by atoms with Gasteiger partial charge in [-0.1, -0.05) is 13.8 Å². The molecule has 1 heterocycles. The zero-order chi connectivity index (χ0) is 23.5. The summed E-state index contributed by atoms with van der Waals surface area (Å²) >= 11 is 0. The van der Waals surface area contributed by atoms with Gasteiger partial charge >= 0.3 is 6.18 Å². The number of benzene rings is 1. The molecule has 1 N–H and O–H groups in total. The van der Waals surface area contributed by atoms with Crippen LogP contribution in [-0.4, -0.2) is 30.0 Å². The van der Waals surface area contributed by atoms with Gasteiger partial charge in [0.25, 0.3) is 5.91 Å². The molecule has 1 aliphatic carbocycles. The lowest BCUT2D eigenvalue weighted by molar-refractivity contribution is -0.137. The van der Waals surface area contributed by atoms with Gasteiger partial charge in [0.1, 0.15) is 0 Å². The average Bonchev–Trinajstić information content (AvgIpc) is 2.78. The molecule has 1 aliphatic rings. The minimum absolute atomic E-state index is 0.0172. The van der Waals surface area contributed by atoms with Gasteiger partial charge in [0.2, 0.25) is 0 Å². The van der Waals surface area contributed by atoms with E-state index in [0.29, 0.717) is 17.2 Å². The number of hydrogen-bond donors (Lipinski definition) is 1. The van der Waals surface area contributed by atoms with Gasteiger partial charge in [-0.25, -0.2) is 0 Å². The third-order valence-electron chi connectivity index (χ3n) is 6.06. The van der Waals surface area contributed by atoms with Crippen LogP contribution in [0.1, 0.15) is 72.6 Å². The number of alkyl halides is 3. The quantitative estimate of drug-likeness (QED) is 0.682. The van der Waals surface area contributed by atoms with E-state index in [1.54, 1.807) is 31.4 Å². The zero-order valence-corrected chi connectivity index (χ0v) is 18.4. The van der Waals surface area contributed by atoms with E-state index in [-0.39, 0.29) is 23.6 Å². The number of rotatable bonds is 5. The second kappa shape index (κ2) is 9.60. The van der Waals surface area contributed by atoms with E-state index in [1.807, 2.05) is 24.8 Å². The number of carbonyl (C=O) groups is 1. The number of halogens is 3. The molecule has 3 rings (SSSR count). The lowest BCUT2D eigenvalue weighted by atomic mass is 9.89. The van der Waals surface area contributed by atoms with Crippen molar-refractivity contribution in [3.63, 3.8) is 0 Å². The normalized spacial score (nSPS) is 18.8. The Bertz CT molecular complexity index is 988. The largest absolute Gasteiger partial charge is 0.417 e. The molecule has 2 aromatic rings. The lowest BCUT2D eigenvalue weighted by Crippen LogP contribution is -2.43. The smallest absolute Gasteiger partial charge is 0.372 e. The zero-order valence-electron chi connectivity index (χ0n) is 18.4. The highest BCUT2D eigenvalue weighted by atomic mass is 19.4. The number of anilines is 1. The molecular weight excluding hydrogens is 417 g/mol. The molecule has 0 bridgehead atoms. The first-order valence-electron chi connectivity index (χ1n) is 10.7. The molecule has 32 heavy (non-hydrogen) atoms. The topological polar surface area (TPSA) is 69.0 Å². The van der Waals surface area contributed by atoms with Gasteiger partial charge in [-0.05, 0) is 61.9 Å². The fourth-order valence-corrected chi connectivity index (χ4v) is 4.05. The van der Waals surface area contributed by atoms with E-state index in [1.165, 1.54) is 6.07 Å². The number of nitrogens with zero attached hydrogens (tertiary/aromatic N) is 3. The van der Waals surface area contributed by atoms with Gasteiger partial charge in [-0.2, -0.15) is 18.4 Å². The molecule has 5 nitrogen and oxygen atoms in total. The Kier molecular flexibility index (Phi) is 7.07. The maximum Gasteiger partial charge on any atom is 0.417 e. The predicted molar refractivity (Wildman–Crippen MR) is 116 cm³/mol. The standard InChI is InChI=1S/C24H27F3N4O/c1-15(2)22-11-5-17(14-29-22)23(32)30-18-6-9-19(10-7-18)31(3)20-8-4-16(13-28)21(12-20)24(25,26)27/h4-5,8,11-12,14-15,18-19H,6-7,9-10H2,1-3H3,(H,30,32)/t18-,19-. The summed E-state index contributed by atoms with van der Waals surface area (Å²) in [6.45, 7) is 4.08. The molecule has 1 amide bonds. The third-order valence-corrected chi connectivity index (χ3v) is 6.06. The minimum Gasteiger partial charge on any atom is -0.372 e. The Hall–Kier alpha value is -3.08. The van der Waals surface area contributed by atoms with Crippen molar-refractivity contribution in [2.75, 3.05) is 11.9 Å². The summed E-state index contributed by atoms with van der Waals surface area (Å²) in [4.78, 5) is 18.7. The van der Waals surface area contributed by atoms with Crippen LogP contribution >= 0.6 is 0 Å². The predicted octanol–water partition coefficient (Wildman–Crippen LogP) is 5.27. The van der Waals surface area contributed by atoms with Crippen LogP contribution in [0, 0.1) is 11.3 Å². The summed E-state index contributed by atoms with van der Waals surface area (Å²) in [5.41, 5.74) is 0.590. The van der Waals surface area contributed by atoms with Crippen molar-refractivity contribution >= 4 is 11.6 Å². The Morgan fingerprint density at radius 2 is 1.88 bits per heavy atom. The highest BCUT2D eigenvalue weighted by molar-refractivity contribution is 5.94. The Labute approximate surface area is 186 Å². The van der Waals surface area contributed by atoms with E-state index in [9.17, 15) is 18.0 Å². The summed E-state index contributed by atoms with van der Waals surface area (Å²) in [6, 6.07) is 9.14. The highest BCUT2D eigenvalue weighted by Crippen LogP contribution is 2.35. The van der Waals surface area contributed by atoms with E-state index in [0.717, 1.165) is 37.4 Å². The van der Waals surface area contributed by atoms with Crippen molar-refractivity contribution in [1.82, 2.24) is 10.3 Å². The average molecular weight is 445 g/mol. The van der Waals surface area contributed by atoms with E-state index in [4.69, 9.17) is 5.26 Å². The first-order valence-corrected chi connectivity index (χ1v) is 10.7. The SMILES string of the molecule is CC(C)c1ccc(C(=O)N[C@H]2CC[C@H](N(C)c3ccc(C#N)c(C(F)(F)F)c3)CC2)cn1. The minimum atomic E-state index is -4.58. The number of aromatic nitrogens is 1. The van der Waals surface area contributed by atoms with Crippen molar-refractivity contribution < 1.29 is 18.0 Å². The van der Waals surface area contributed by atoms with Crippen LogP contribution in [0.2, 0.25) is 0 Å². The number of nitriles is 1. The van der Waals surface area contributed by atoms with E-state index >= 15 is 0 Å². The number of hydrogen-bond acceptors (Lipinski definition) is 4. The molecule has 1 saturated carbocycles. The maximum absolute atomic E-state index is 13.3. The second-order valence-corrected chi connectivity index (χ2v) is 8.56. The second-order valence-electron chi connectivity index (χ2n) is 8.56. The summed E-state index contributed by atoms with van der Waals surface area (Å²) in [7, 11) is 1.77. The van der Waals surface area contributed by atoms with Crippen LogP contribution in [0.25, 0.3) is 0 Å². The Balaban J connectivity index is 1.59. The molecule has 0 atom stereocenters. The summed E-state index contributed by atoms with van der Waals surface area (Å²) in [5, 5.41) is 12.0.